The summed E-state index contributed by atoms with van der Waals surface area (Å²) in [4.78, 5) is 3.88. The van der Waals surface area contributed by atoms with Gasteiger partial charge in [-0.15, -0.1) is 0 Å². The van der Waals surface area contributed by atoms with Crippen molar-refractivity contribution < 1.29 is 21.6 Å². The number of hydrogen-bond acceptors (Lipinski definition) is 4. The van der Waals surface area contributed by atoms with Crippen LogP contribution in [0.25, 0.3) is 0 Å². The van der Waals surface area contributed by atoms with Crippen LogP contribution in [0.5, 0.6) is 0 Å². The Bertz CT molecular complexity index is 711. The van der Waals surface area contributed by atoms with E-state index in [2.05, 4.69) is 15.0 Å². The number of sulfonamides is 1. The van der Waals surface area contributed by atoms with Gasteiger partial charge in [-0.2, -0.15) is 13.2 Å². The van der Waals surface area contributed by atoms with Gasteiger partial charge >= 0.3 is 6.18 Å². The zero-order valence-electron chi connectivity index (χ0n) is 15.9. The van der Waals surface area contributed by atoms with Crippen LogP contribution in [0, 0.1) is 13.8 Å². The molecule has 0 aliphatic rings. The van der Waals surface area contributed by atoms with Crippen molar-refractivity contribution in [1.29, 1.82) is 0 Å². The third-order valence-electron chi connectivity index (χ3n) is 4.19. The summed E-state index contributed by atoms with van der Waals surface area (Å²) in [6.45, 7) is 8.90. The van der Waals surface area contributed by atoms with E-state index in [1.165, 1.54) is 6.92 Å². The third kappa shape index (κ3) is 6.12. The molecule has 150 valence electrons. The van der Waals surface area contributed by atoms with Crippen molar-refractivity contribution in [3.8, 4) is 0 Å². The zero-order valence-corrected chi connectivity index (χ0v) is 16.7. The van der Waals surface area contributed by atoms with Gasteiger partial charge in [0.15, 0.2) is 0 Å². The van der Waals surface area contributed by atoms with Gasteiger partial charge in [-0.25, -0.2) is 18.1 Å². The highest BCUT2D eigenvalue weighted by Gasteiger charge is 2.33. The van der Waals surface area contributed by atoms with Crippen LogP contribution in [0.1, 0.15) is 56.7 Å². The normalized spacial score (nSPS) is 13.1. The van der Waals surface area contributed by atoms with E-state index in [9.17, 15) is 21.6 Å². The quantitative estimate of drug-likeness (QED) is 0.652. The zero-order chi connectivity index (χ0) is 20.2. The molecule has 0 atom stereocenters. The molecule has 1 aromatic rings. The van der Waals surface area contributed by atoms with Gasteiger partial charge in [0.1, 0.15) is 5.82 Å². The number of pyridine rings is 1. The van der Waals surface area contributed by atoms with Crippen molar-refractivity contribution in [2.24, 2.45) is 0 Å². The first-order chi connectivity index (χ1) is 11.8. The van der Waals surface area contributed by atoms with Crippen molar-refractivity contribution in [1.82, 2.24) is 9.71 Å². The maximum atomic E-state index is 12.8. The predicted octanol–water partition coefficient (Wildman–Crippen LogP) is 4.02. The standard InChI is InChI=1S/C17H28F3N3O2S/c1-12-13(2)15(22-11-14(12)17(18,19)20)21-9-7-6-8-10-23-26(24,25)16(3,4)5/h11,23H,6-10H2,1-5H3,(H,21,22). The second-order valence-corrected chi connectivity index (χ2v) is 9.79. The van der Waals surface area contributed by atoms with Crippen molar-refractivity contribution in [3.63, 3.8) is 0 Å². The van der Waals surface area contributed by atoms with Crippen LogP contribution in [0.4, 0.5) is 19.0 Å². The Labute approximate surface area is 153 Å². The second kappa shape index (κ2) is 8.56. The average molecular weight is 395 g/mol. The minimum absolute atomic E-state index is 0.173. The number of halogens is 3. The number of aromatic nitrogens is 1. The van der Waals surface area contributed by atoms with Crippen LogP contribution < -0.4 is 10.0 Å². The first kappa shape index (κ1) is 22.7. The van der Waals surface area contributed by atoms with Crippen molar-refractivity contribution in [2.45, 2.75) is 64.8 Å². The molecule has 5 nitrogen and oxygen atoms in total. The van der Waals surface area contributed by atoms with Gasteiger partial charge in [-0.1, -0.05) is 6.42 Å². The van der Waals surface area contributed by atoms with E-state index in [1.807, 2.05) is 0 Å². The second-order valence-electron chi connectivity index (χ2n) is 7.27. The monoisotopic (exact) mass is 395 g/mol. The molecule has 0 aliphatic carbocycles. The topological polar surface area (TPSA) is 71.1 Å². The molecule has 0 aromatic carbocycles. The predicted molar refractivity (Wildman–Crippen MR) is 97.7 cm³/mol. The van der Waals surface area contributed by atoms with E-state index in [4.69, 9.17) is 0 Å². The third-order valence-corrected chi connectivity index (χ3v) is 6.39. The lowest BCUT2D eigenvalue weighted by Gasteiger charge is -2.19. The fourth-order valence-corrected chi connectivity index (χ4v) is 3.07. The highest BCUT2D eigenvalue weighted by Crippen LogP contribution is 2.33. The average Bonchev–Trinajstić information content (AvgIpc) is 2.47. The fourth-order valence-electron chi connectivity index (χ4n) is 2.22. The molecule has 0 unspecified atom stereocenters. The van der Waals surface area contributed by atoms with Crippen LogP contribution in [-0.4, -0.2) is 31.2 Å². The highest BCUT2D eigenvalue weighted by atomic mass is 32.2. The molecule has 26 heavy (non-hydrogen) atoms. The van der Waals surface area contributed by atoms with E-state index in [-0.39, 0.29) is 5.56 Å². The minimum Gasteiger partial charge on any atom is -0.370 e. The number of nitrogens with one attached hydrogen (secondary N) is 2. The lowest BCUT2D eigenvalue weighted by molar-refractivity contribution is -0.138. The maximum absolute atomic E-state index is 12.8. The molecule has 0 radical (unpaired) electrons. The molecule has 2 N–H and O–H groups in total. The van der Waals surface area contributed by atoms with Gasteiger partial charge < -0.3 is 5.32 Å². The Kier molecular flexibility index (Phi) is 7.47. The number of unbranched alkanes of at least 4 members (excludes halogenated alkanes) is 2. The summed E-state index contributed by atoms with van der Waals surface area (Å²) in [5.41, 5.74) is -0.0592. The summed E-state index contributed by atoms with van der Waals surface area (Å²) in [5, 5.41) is 3.05. The van der Waals surface area contributed by atoms with Crippen LogP contribution in [0.2, 0.25) is 0 Å². The summed E-state index contributed by atoms with van der Waals surface area (Å²) in [7, 11) is -3.33. The van der Waals surface area contributed by atoms with E-state index in [0.29, 0.717) is 30.9 Å². The minimum atomic E-state index is -4.40. The largest absolute Gasteiger partial charge is 0.418 e. The molecule has 0 spiro atoms. The molecule has 9 heteroatoms. The molecular weight excluding hydrogens is 367 g/mol. The molecule has 0 saturated heterocycles. The number of alkyl halides is 3. The summed E-state index contributed by atoms with van der Waals surface area (Å²) < 4.78 is 64.0. The lowest BCUT2D eigenvalue weighted by atomic mass is 10.1. The Morgan fingerprint density at radius 3 is 2.12 bits per heavy atom. The molecule has 1 heterocycles. The molecular formula is C17H28F3N3O2S. The van der Waals surface area contributed by atoms with Crippen molar-refractivity contribution in [3.05, 3.63) is 22.9 Å². The van der Waals surface area contributed by atoms with Gasteiger partial charge in [0, 0.05) is 19.3 Å². The Morgan fingerprint density at radius 2 is 1.58 bits per heavy atom. The molecule has 0 amide bonds. The summed E-state index contributed by atoms with van der Waals surface area (Å²) in [6.07, 6.45) is -1.31. The van der Waals surface area contributed by atoms with Gasteiger partial charge in [-0.05, 0) is 58.6 Å². The smallest absolute Gasteiger partial charge is 0.370 e. The molecule has 0 aliphatic heterocycles. The van der Waals surface area contributed by atoms with Crippen LogP contribution in [-0.2, 0) is 16.2 Å². The number of hydrogen-bond donors (Lipinski definition) is 2. The maximum Gasteiger partial charge on any atom is 0.418 e. The molecule has 1 aromatic heterocycles. The first-order valence-corrected chi connectivity index (χ1v) is 10.0. The highest BCUT2D eigenvalue weighted by molar-refractivity contribution is 7.90. The van der Waals surface area contributed by atoms with Crippen molar-refractivity contribution >= 4 is 15.8 Å². The van der Waals surface area contributed by atoms with Crippen molar-refractivity contribution in [2.75, 3.05) is 18.4 Å². The SMILES string of the molecule is Cc1c(C(F)(F)F)cnc(NCCCCCNS(=O)(=O)C(C)(C)C)c1C. The summed E-state index contributed by atoms with van der Waals surface area (Å²) in [6, 6.07) is 0. The van der Waals surface area contributed by atoms with E-state index < -0.39 is 26.5 Å². The van der Waals surface area contributed by atoms with Crippen LogP contribution >= 0.6 is 0 Å². The molecule has 1 rings (SSSR count). The Hall–Kier alpha value is -1.35. The number of rotatable bonds is 8. The van der Waals surface area contributed by atoms with Crippen LogP contribution in [0.15, 0.2) is 6.20 Å². The van der Waals surface area contributed by atoms with Gasteiger partial charge in [0.25, 0.3) is 0 Å². The number of nitrogens with zero attached hydrogens (tertiary/aromatic N) is 1. The van der Waals surface area contributed by atoms with E-state index >= 15 is 0 Å². The molecule has 0 saturated carbocycles. The summed E-state index contributed by atoms with van der Waals surface area (Å²) >= 11 is 0. The Morgan fingerprint density at radius 1 is 1.00 bits per heavy atom. The van der Waals surface area contributed by atoms with Gasteiger partial charge in [0.05, 0.1) is 10.3 Å². The molecule has 0 fully saturated rings. The van der Waals surface area contributed by atoms with Crippen LogP contribution in [0.3, 0.4) is 0 Å². The first-order valence-electron chi connectivity index (χ1n) is 8.54. The molecule has 0 bridgehead atoms. The Balaban J connectivity index is 2.41. The van der Waals surface area contributed by atoms with E-state index in [0.717, 1.165) is 19.0 Å². The number of anilines is 1. The van der Waals surface area contributed by atoms with Gasteiger partial charge in [0.2, 0.25) is 10.0 Å². The fraction of sp³-hybridized carbons (Fsp3) is 0.706. The van der Waals surface area contributed by atoms with E-state index in [1.54, 1.807) is 27.7 Å². The summed E-state index contributed by atoms with van der Waals surface area (Å²) in [5.74, 6) is 0.448. The lowest BCUT2D eigenvalue weighted by Crippen LogP contribution is -2.39. The van der Waals surface area contributed by atoms with Gasteiger partial charge in [-0.3, -0.25) is 0 Å².